The molecule has 1 rings (SSSR count). The van der Waals surface area contributed by atoms with Crippen LogP contribution < -0.4 is 5.32 Å². The molecule has 0 aliphatic carbocycles. The highest BCUT2D eigenvalue weighted by atomic mass is 35.5. The molecule has 1 N–H and O–H groups in total. The van der Waals surface area contributed by atoms with E-state index in [0.717, 1.165) is 13.0 Å². The molecule has 0 spiro atoms. The third-order valence-corrected chi connectivity index (χ3v) is 1.88. The highest BCUT2D eigenvalue weighted by Gasteiger charge is 1.93. The first-order valence-electron chi connectivity index (χ1n) is 4.54. The summed E-state index contributed by atoms with van der Waals surface area (Å²) in [6.45, 7) is 3.11. The van der Waals surface area contributed by atoms with Gasteiger partial charge in [0.25, 0.3) is 0 Å². The topological polar surface area (TPSA) is 37.8 Å². The number of hydrogen-bond donors (Lipinski definition) is 1. The Morgan fingerprint density at radius 2 is 2.00 bits per heavy atom. The molecule has 0 saturated heterocycles. The fourth-order valence-corrected chi connectivity index (χ4v) is 1.08. The Bertz CT molecular complexity index is 235. The van der Waals surface area contributed by atoms with E-state index in [1.54, 1.807) is 12.4 Å². The minimum atomic E-state index is 0.569. The van der Waals surface area contributed by atoms with Crippen LogP contribution in [0.15, 0.2) is 12.4 Å². The molecule has 0 aliphatic rings. The van der Waals surface area contributed by atoms with Crippen LogP contribution in [0.1, 0.15) is 26.2 Å². The molecule has 4 heteroatoms. The lowest BCUT2D eigenvalue weighted by atomic mass is 10.2. The van der Waals surface area contributed by atoms with Gasteiger partial charge in [0.1, 0.15) is 0 Å². The maximum Gasteiger partial charge on any atom is 0.222 e. The minimum Gasteiger partial charge on any atom is -0.354 e. The predicted molar refractivity (Wildman–Crippen MR) is 55.1 cm³/mol. The molecule has 0 atom stereocenters. The normalized spacial score (nSPS) is 10.0. The smallest absolute Gasteiger partial charge is 0.222 e. The zero-order chi connectivity index (χ0) is 9.52. The molecule has 1 aromatic rings. The van der Waals surface area contributed by atoms with E-state index in [1.807, 2.05) is 0 Å². The number of nitrogens with zero attached hydrogens (tertiary/aromatic N) is 2. The number of halogens is 1. The molecule has 0 aromatic carbocycles. The molecular formula is C9H14ClN3. The molecular weight excluding hydrogens is 186 g/mol. The molecule has 0 aliphatic heterocycles. The van der Waals surface area contributed by atoms with Gasteiger partial charge in [0, 0.05) is 6.54 Å². The number of hydrogen-bond acceptors (Lipinski definition) is 3. The zero-order valence-corrected chi connectivity index (χ0v) is 8.51. The van der Waals surface area contributed by atoms with Gasteiger partial charge in [0.05, 0.1) is 17.4 Å². The second-order valence-electron chi connectivity index (χ2n) is 2.86. The number of rotatable bonds is 5. The summed E-state index contributed by atoms with van der Waals surface area (Å²) in [7, 11) is 0. The van der Waals surface area contributed by atoms with Crippen LogP contribution >= 0.6 is 11.6 Å². The van der Waals surface area contributed by atoms with Crippen LogP contribution in [0, 0.1) is 0 Å². The molecule has 0 radical (unpaired) electrons. The first-order valence-corrected chi connectivity index (χ1v) is 4.92. The van der Waals surface area contributed by atoms with Gasteiger partial charge >= 0.3 is 0 Å². The van der Waals surface area contributed by atoms with Gasteiger partial charge < -0.3 is 5.32 Å². The average molecular weight is 200 g/mol. The molecule has 1 aromatic heterocycles. The van der Waals surface area contributed by atoms with Crippen LogP contribution in [0.2, 0.25) is 5.02 Å². The SMILES string of the molecule is CCCCCNc1ncc(Cl)cn1. The van der Waals surface area contributed by atoms with E-state index in [0.29, 0.717) is 11.0 Å². The first-order chi connectivity index (χ1) is 6.33. The summed E-state index contributed by atoms with van der Waals surface area (Å²) in [5.74, 6) is 0.653. The highest BCUT2D eigenvalue weighted by molar-refractivity contribution is 6.30. The van der Waals surface area contributed by atoms with E-state index in [2.05, 4.69) is 22.2 Å². The lowest BCUT2D eigenvalue weighted by Crippen LogP contribution is -2.04. The van der Waals surface area contributed by atoms with Crippen molar-refractivity contribution in [2.45, 2.75) is 26.2 Å². The van der Waals surface area contributed by atoms with Gasteiger partial charge in [-0.05, 0) is 6.42 Å². The Kier molecular flexibility index (Phi) is 4.54. The van der Waals surface area contributed by atoms with Crippen molar-refractivity contribution in [2.75, 3.05) is 11.9 Å². The van der Waals surface area contributed by atoms with Crippen LogP contribution in [0.3, 0.4) is 0 Å². The van der Waals surface area contributed by atoms with Crippen molar-refractivity contribution in [3.63, 3.8) is 0 Å². The lowest BCUT2D eigenvalue weighted by Gasteiger charge is -2.02. The van der Waals surface area contributed by atoms with E-state index in [-0.39, 0.29) is 0 Å². The van der Waals surface area contributed by atoms with Crippen LogP contribution in [-0.2, 0) is 0 Å². The van der Waals surface area contributed by atoms with Crippen LogP contribution in [0.4, 0.5) is 5.95 Å². The van der Waals surface area contributed by atoms with Crippen LogP contribution in [0.25, 0.3) is 0 Å². The van der Waals surface area contributed by atoms with E-state index in [9.17, 15) is 0 Å². The maximum absolute atomic E-state index is 5.64. The van der Waals surface area contributed by atoms with E-state index in [1.165, 1.54) is 12.8 Å². The monoisotopic (exact) mass is 199 g/mol. The van der Waals surface area contributed by atoms with Crippen molar-refractivity contribution in [1.29, 1.82) is 0 Å². The average Bonchev–Trinajstić information content (AvgIpc) is 2.15. The van der Waals surface area contributed by atoms with Crippen LogP contribution in [0.5, 0.6) is 0 Å². The second kappa shape index (κ2) is 5.75. The first kappa shape index (κ1) is 10.3. The van der Waals surface area contributed by atoms with Gasteiger partial charge in [0.2, 0.25) is 5.95 Å². The van der Waals surface area contributed by atoms with Crippen molar-refractivity contribution in [1.82, 2.24) is 9.97 Å². The fraction of sp³-hybridized carbons (Fsp3) is 0.556. The second-order valence-corrected chi connectivity index (χ2v) is 3.30. The molecule has 1 heterocycles. The molecule has 0 saturated carbocycles. The van der Waals surface area contributed by atoms with Gasteiger partial charge in [0.15, 0.2) is 0 Å². The summed E-state index contributed by atoms with van der Waals surface area (Å²) in [4.78, 5) is 8.04. The molecule has 13 heavy (non-hydrogen) atoms. The van der Waals surface area contributed by atoms with Gasteiger partial charge in [-0.2, -0.15) is 0 Å². The Hall–Kier alpha value is -0.830. The third-order valence-electron chi connectivity index (χ3n) is 1.68. The van der Waals surface area contributed by atoms with Crippen molar-refractivity contribution >= 4 is 17.5 Å². The quantitative estimate of drug-likeness (QED) is 0.742. The molecule has 0 amide bonds. The molecule has 0 bridgehead atoms. The molecule has 0 unspecified atom stereocenters. The lowest BCUT2D eigenvalue weighted by molar-refractivity contribution is 0.740. The summed E-state index contributed by atoms with van der Waals surface area (Å²) in [6.07, 6.45) is 6.81. The van der Waals surface area contributed by atoms with E-state index >= 15 is 0 Å². The van der Waals surface area contributed by atoms with E-state index < -0.39 is 0 Å². The predicted octanol–water partition coefficient (Wildman–Crippen LogP) is 2.73. The van der Waals surface area contributed by atoms with Gasteiger partial charge in [-0.3, -0.25) is 0 Å². The summed E-state index contributed by atoms with van der Waals surface area (Å²) >= 11 is 5.64. The largest absolute Gasteiger partial charge is 0.354 e. The maximum atomic E-state index is 5.64. The number of unbranched alkanes of at least 4 members (excludes halogenated alkanes) is 2. The molecule has 0 fully saturated rings. The summed E-state index contributed by atoms with van der Waals surface area (Å²) in [6, 6.07) is 0. The van der Waals surface area contributed by atoms with Gasteiger partial charge in [-0.15, -0.1) is 0 Å². The highest BCUT2D eigenvalue weighted by Crippen LogP contribution is 2.05. The molecule has 3 nitrogen and oxygen atoms in total. The van der Waals surface area contributed by atoms with Crippen molar-refractivity contribution in [3.8, 4) is 0 Å². The van der Waals surface area contributed by atoms with Gasteiger partial charge in [-0.1, -0.05) is 31.4 Å². The minimum absolute atomic E-state index is 0.569. The summed E-state index contributed by atoms with van der Waals surface area (Å²) < 4.78 is 0. The Morgan fingerprint density at radius 3 is 2.62 bits per heavy atom. The number of aromatic nitrogens is 2. The number of anilines is 1. The van der Waals surface area contributed by atoms with E-state index in [4.69, 9.17) is 11.6 Å². The van der Waals surface area contributed by atoms with Crippen LogP contribution in [-0.4, -0.2) is 16.5 Å². The van der Waals surface area contributed by atoms with Gasteiger partial charge in [-0.25, -0.2) is 9.97 Å². The number of nitrogens with one attached hydrogen (secondary N) is 1. The van der Waals surface area contributed by atoms with Crippen molar-refractivity contribution in [2.24, 2.45) is 0 Å². The zero-order valence-electron chi connectivity index (χ0n) is 7.76. The Labute approximate surface area is 83.5 Å². The third kappa shape index (κ3) is 4.08. The Balaban J connectivity index is 2.25. The summed E-state index contributed by atoms with van der Waals surface area (Å²) in [5.41, 5.74) is 0. The Morgan fingerprint density at radius 1 is 1.31 bits per heavy atom. The standard InChI is InChI=1S/C9H14ClN3/c1-2-3-4-5-11-9-12-6-8(10)7-13-9/h6-7H,2-5H2,1H3,(H,11,12,13). The summed E-state index contributed by atoms with van der Waals surface area (Å²) in [5, 5.41) is 3.69. The van der Waals surface area contributed by atoms with Crippen molar-refractivity contribution in [3.05, 3.63) is 17.4 Å². The molecule has 72 valence electrons. The van der Waals surface area contributed by atoms with Crippen molar-refractivity contribution < 1.29 is 0 Å². The fourth-order valence-electron chi connectivity index (χ4n) is 0.979.